The van der Waals surface area contributed by atoms with Gasteiger partial charge in [-0.25, -0.2) is 9.97 Å². The van der Waals surface area contributed by atoms with Gasteiger partial charge >= 0.3 is 0 Å². The van der Waals surface area contributed by atoms with Crippen molar-refractivity contribution in [3.63, 3.8) is 0 Å². The maximum absolute atomic E-state index is 11.6. The van der Waals surface area contributed by atoms with Crippen LogP contribution >= 0.6 is 0 Å². The number of aromatic nitrogens is 4. The Morgan fingerprint density at radius 3 is 2.51 bits per heavy atom. The summed E-state index contributed by atoms with van der Waals surface area (Å²) in [7, 11) is 0. The molecule has 0 unspecified atom stereocenters. The summed E-state index contributed by atoms with van der Waals surface area (Å²) in [6.07, 6.45) is 3.59. The molecule has 0 saturated carbocycles. The third kappa shape index (κ3) is 4.05. The first kappa shape index (κ1) is 21.5. The summed E-state index contributed by atoms with van der Waals surface area (Å²) >= 11 is 0. The van der Waals surface area contributed by atoms with Crippen LogP contribution in [0.5, 0.6) is 0 Å². The third-order valence-electron chi connectivity index (χ3n) is 6.88. The molecule has 2 aliphatic heterocycles. The molecular formula is C25H28N8O2. The minimum atomic E-state index is 0.142. The highest BCUT2D eigenvalue weighted by Crippen LogP contribution is 2.30. The Balaban J connectivity index is 1.20. The van der Waals surface area contributed by atoms with Crippen molar-refractivity contribution in [3.05, 3.63) is 54.3 Å². The highest BCUT2D eigenvalue weighted by Gasteiger charge is 2.23. The third-order valence-corrected chi connectivity index (χ3v) is 6.88. The summed E-state index contributed by atoms with van der Waals surface area (Å²) in [5.41, 5.74) is 4.69. The normalized spacial score (nSPS) is 16.0. The number of aryl methyl sites for hydroxylation is 1. The summed E-state index contributed by atoms with van der Waals surface area (Å²) in [5.74, 6) is 2.50. The fraction of sp³-hybridized carbons (Fsp3) is 0.360. The first-order valence-electron chi connectivity index (χ1n) is 11.9. The fourth-order valence-electron chi connectivity index (χ4n) is 4.91. The molecule has 0 aliphatic carbocycles. The number of imidazole rings is 1. The van der Waals surface area contributed by atoms with Crippen LogP contribution in [-0.4, -0.2) is 63.0 Å². The molecule has 5 heterocycles. The van der Waals surface area contributed by atoms with Gasteiger partial charge in [-0.2, -0.15) is 4.98 Å². The molecule has 6 rings (SSSR count). The molecule has 0 atom stereocenters. The number of hydrogen-bond acceptors (Lipinski definition) is 8. The van der Waals surface area contributed by atoms with Gasteiger partial charge in [-0.15, -0.1) is 0 Å². The van der Waals surface area contributed by atoms with Crippen LogP contribution in [0.15, 0.2) is 47.2 Å². The molecule has 4 aromatic rings. The average molecular weight is 473 g/mol. The zero-order chi connectivity index (χ0) is 23.9. The van der Waals surface area contributed by atoms with Crippen LogP contribution in [0, 0.1) is 6.92 Å². The van der Waals surface area contributed by atoms with Crippen LogP contribution in [0.25, 0.3) is 11.1 Å². The maximum Gasteiger partial charge on any atom is 0.229 e. The molecule has 1 fully saturated rings. The van der Waals surface area contributed by atoms with E-state index >= 15 is 0 Å². The molecule has 0 spiro atoms. The predicted molar refractivity (Wildman–Crippen MR) is 134 cm³/mol. The SMILES string of the molecule is CC(=O)N1CCN(c2ccc(Nc3nc(N4CCn5c(cnc5C)C4)c4occc4n3)cc2)CC1. The molecule has 3 aromatic heterocycles. The van der Waals surface area contributed by atoms with Gasteiger partial charge in [-0.1, -0.05) is 0 Å². The standard InChI is InChI=1S/C25H28N8O2/c1-17-26-15-21-16-32(12-13-33(17)21)24-23-22(7-14-35-23)28-25(29-24)27-19-3-5-20(6-4-19)31-10-8-30(9-11-31)18(2)34/h3-7,14-15H,8-13,16H2,1-2H3,(H,27,28,29). The number of fused-ring (bicyclic) bond motifs is 2. The molecule has 1 amide bonds. The molecule has 0 bridgehead atoms. The lowest BCUT2D eigenvalue weighted by Gasteiger charge is -2.35. The number of nitrogens with one attached hydrogen (secondary N) is 1. The molecule has 0 radical (unpaired) electrons. The summed E-state index contributed by atoms with van der Waals surface area (Å²) in [4.78, 5) is 32.0. The number of anilines is 4. The minimum absolute atomic E-state index is 0.142. The van der Waals surface area contributed by atoms with Gasteiger partial charge in [0.05, 0.1) is 24.7 Å². The second-order valence-electron chi connectivity index (χ2n) is 9.04. The Labute approximate surface area is 203 Å². The number of amides is 1. The van der Waals surface area contributed by atoms with Crippen LogP contribution < -0.4 is 15.1 Å². The summed E-state index contributed by atoms with van der Waals surface area (Å²) in [6, 6.07) is 10.1. The van der Waals surface area contributed by atoms with Crippen LogP contribution in [0.3, 0.4) is 0 Å². The maximum atomic E-state index is 11.6. The van der Waals surface area contributed by atoms with Gasteiger partial charge in [-0.3, -0.25) is 4.79 Å². The number of nitrogens with zero attached hydrogens (tertiary/aromatic N) is 7. The Morgan fingerprint density at radius 1 is 0.971 bits per heavy atom. The Kier molecular flexibility index (Phi) is 5.28. The lowest BCUT2D eigenvalue weighted by Crippen LogP contribution is -2.48. The largest absolute Gasteiger partial charge is 0.459 e. The summed E-state index contributed by atoms with van der Waals surface area (Å²) < 4.78 is 8.01. The number of hydrogen-bond donors (Lipinski definition) is 1. The van der Waals surface area contributed by atoms with Crippen molar-refractivity contribution in [2.75, 3.05) is 47.8 Å². The number of carbonyl (C=O) groups is 1. The van der Waals surface area contributed by atoms with Crippen molar-refractivity contribution in [3.8, 4) is 0 Å². The lowest BCUT2D eigenvalue weighted by molar-refractivity contribution is -0.129. The van der Waals surface area contributed by atoms with E-state index in [-0.39, 0.29) is 5.91 Å². The van der Waals surface area contributed by atoms with Gasteiger partial charge < -0.3 is 29.0 Å². The van der Waals surface area contributed by atoms with E-state index in [1.165, 1.54) is 5.69 Å². The van der Waals surface area contributed by atoms with E-state index in [0.29, 0.717) is 11.5 Å². The first-order chi connectivity index (χ1) is 17.0. The average Bonchev–Trinajstić information content (AvgIpc) is 3.50. The van der Waals surface area contributed by atoms with E-state index in [1.807, 2.05) is 36.2 Å². The molecule has 2 aliphatic rings. The van der Waals surface area contributed by atoms with E-state index in [9.17, 15) is 4.79 Å². The second kappa shape index (κ2) is 8.61. The van der Waals surface area contributed by atoms with Crippen molar-refractivity contribution < 1.29 is 9.21 Å². The molecular weight excluding hydrogens is 444 g/mol. The highest BCUT2D eigenvalue weighted by atomic mass is 16.3. The Hall–Kier alpha value is -4.08. The lowest BCUT2D eigenvalue weighted by atomic mass is 10.2. The molecule has 1 saturated heterocycles. The number of carbonyl (C=O) groups excluding carboxylic acids is 1. The molecule has 180 valence electrons. The van der Waals surface area contributed by atoms with Crippen LogP contribution in [-0.2, 0) is 17.9 Å². The van der Waals surface area contributed by atoms with E-state index in [0.717, 1.165) is 74.3 Å². The highest BCUT2D eigenvalue weighted by molar-refractivity contribution is 5.85. The van der Waals surface area contributed by atoms with E-state index in [4.69, 9.17) is 9.40 Å². The zero-order valence-corrected chi connectivity index (χ0v) is 19.9. The number of benzene rings is 1. The van der Waals surface area contributed by atoms with Gasteiger partial charge in [0.25, 0.3) is 0 Å². The topological polar surface area (TPSA) is 95.6 Å². The molecule has 1 N–H and O–H groups in total. The summed E-state index contributed by atoms with van der Waals surface area (Å²) in [5, 5.41) is 3.36. The monoisotopic (exact) mass is 472 g/mol. The van der Waals surface area contributed by atoms with Crippen molar-refractivity contribution in [2.45, 2.75) is 26.9 Å². The van der Waals surface area contributed by atoms with Crippen molar-refractivity contribution >= 4 is 40.1 Å². The number of rotatable bonds is 4. The molecule has 35 heavy (non-hydrogen) atoms. The zero-order valence-electron chi connectivity index (χ0n) is 19.9. The Morgan fingerprint density at radius 2 is 1.74 bits per heavy atom. The van der Waals surface area contributed by atoms with Gasteiger partial charge in [0.2, 0.25) is 11.9 Å². The van der Waals surface area contributed by atoms with Crippen LogP contribution in [0.1, 0.15) is 18.4 Å². The van der Waals surface area contributed by atoms with E-state index < -0.39 is 0 Å². The molecule has 10 heteroatoms. The summed E-state index contributed by atoms with van der Waals surface area (Å²) in [6.45, 7) is 9.26. The predicted octanol–water partition coefficient (Wildman–Crippen LogP) is 3.16. The first-order valence-corrected chi connectivity index (χ1v) is 11.9. The smallest absolute Gasteiger partial charge is 0.229 e. The van der Waals surface area contributed by atoms with Crippen molar-refractivity contribution in [2.24, 2.45) is 0 Å². The molecule has 1 aromatic carbocycles. The van der Waals surface area contributed by atoms with Crippen molar-refractivity contribution in [1.82, 2.24) is 24.4 Å². The minimum Gasteiger partial charge on any atom is -0.459 e. The number of piperazine rings is 1. The fourth-order valence-corrected chi connectivity index (χ4v) is 4.91. The van der Waals surface area contributed by atoms with E-state index in [2.05, 4.69) is 41.8 Å². The number of furan rings is 1. The second-order valence-corrected chi connectivity index (χ2v) is 9.04. The van der Waals surface area contributed by atoms with Crippen LogP contribution in [0.4, 0.5) is 23.1 Å². The van der Waals surface area contributed by atoms with E-state index in [1.54, 1.807) is 13.2 Å². The molecule has 10 nitrogen and oxygen atoms in total. The van der Waals surface area contributed by atoms with Gasteiger partial charge in [-0.05, 0) is 31.2 Å². The quantitative estimate of drug-likeness (QED) is 0.484. The van der Waals surface area contributed by atoms with Gasteiger partial charge in [0, 0.05) is 63.6 Å². The Bertz CT molecular complexity index is 1370. The van der Waals surface area contributed by atoms with Gasteiger partial charge in [0.15, 0.2) is 11.4 Å². The van der Waals surface area contributed by atoms with Crippen molar-refractivity contribution in [1.29, 1.82) is 0 Å². The van der Waals surface area contributed by atoms with Crippen LogP contribution in [0.2, 0.25) is 0 Å². The van der Waals surface area contributed by atoms with Gasteiger partial charge in [0.1, 0.15) is 11.3 Å².